The summed E-state index contributed by atoms with van der Waals surface area (Å²) in [7, 11) is 0. The van der Waals surface area contributed by atoms with E-state index in [1.807, 2.05) is 0 Å². The summed E-state index contributed by atoms with van der Waals surface area (Å²) in [6.45, 7) is 0. The van der Waals surface area contributed by atoms with Gasteiger partial charge in [0.1, 0.15) is 0 Å². The SMILES string of the molecule is [Li].[Na].[Si].[Zn]. The van der Waals surface area contributed by atoms with Crippen LogP contribution in [0.1, 0.15) is 0 Å². The summed E-state index contributed by atoms with van der Waals surface area (Å²) in [5.74, 6) is 0. The molecule has 4 heteroatoms. The van der Waals surface area contributed by atoms with Gasteiger partial charge in [0, 0.05) is 78.9 Å². The summed E-state index contributed by atoms with van der Waals surface area (Å²) in [5, 5.41) is 0. The van der Waals surface area contributed by atoms with Crippen molar-refractivity contribution < 1.29 is 19.5 Å². The Hall–Kier alpha value is 2.44. The molecular weight excluding hydrogens is 123 g/mol. The van der Waals surface area contributed by atoms with E-state index >= 15 is 0 Å². The number of hydrogen-bond acceptors (Lipinski definition) is 0. The number of rotatable bonds is 0. The van der Waals surface area contributed by atoms with E-state index in [1.165, 1.54) is 0 Å². The standard InChI is InChI=1S/Li.Na.Si.Zn. The molecule has 0 atom stereocenters. The molecular formula is LiNaSiZn. The second kappa shape index (κ2) is 18.0. The third kappa shape index (κ3) is 8.83. The molecule has 0 nitrogen and oxygen atoms in total. The fourth-order valence-electron chi connectivity index (χ4n) is 0. The van der Waals surface area contributed by atoms with E-state index in [0.29, 0.717) is 0 Å². The van der Waals surface area contributed by atoms with Gasteiger partial charge in [-0.25, -0.2) is 0 Å². The van der Waals surface area contributed by atoms with E-state index in [2.05, 4.69) is 0 Å². The second-order valence-corrected chi connectivity index (χ2v) is 0. The second-order valence-electron chi connectivity index (χ2n) is 0. The van der Waals surface area contributed by atoms with Gasteiger partial charge in [0.15, 0.2) is 0 Å². The van der Waals surface area contributed by atoms with Crippen LogP contribution in [0.25, 0.3) is 0 Å². The molecule has 0 saturated carbocycles. The summed E-state index contributed by atoms with van der Waals surface area (Å²) in [6, 6.07) is 0. The molecule has 6 radical (unpaired) electrons. The van der Waals surface area contributed by atoms with Crippen LogP contribution in [0, 0.1) is 0 Å². The molecule has 0 aromatic rings. The zero-order valence-electron chi connectivity index (χ0n) is 3.21. The average molecular weight is 123 g/mol. The Bertz CT molecular complexity index is 8.00. The Kier molecular flexibility index (Phi) is 144. The molecule has 8 valence electrons. The van der Waals surface area contributed by atoms with Crippen molar-refractivity contribution in [2.24, 2.45) is 0 Å². The van der Waals surface area contributed by atoms with Crippen LogP contribution in [-0.4, -0.2) is 59.4 Å². The van der Waals surface area contributed by atoms with Gasteiger partial charge < -0.3 is 0 Å². The molecule has 0 N–H and O–H groups in total. The maximum atomic E-state index is 0. The van der Waals surface area contributed by atoms with Gasteiger partial charge in [-0.15, -0.1) is 0 Å². The summed E-state index contributed by atoms with van der Waals surface area (Å²) < 4.78 is 0. The van der Waals surface area contributed by atoms with Crippen LogP contribution in [-0.2, 0) is 19.5 Å². The Morgan fingerprint density at radius 2 is 1.00 bits per heavy atom. The summed E-state index contributed by atoms with van der Waals surface area (Å²) >= 11 is 0. The third-order valence-electron chi connectivity index (χ3n) is 0. The Morgan fingerprint density at radius 1 is 1.00 bits per heavy atom. The van der Waals surface area contributed by atoms with Gasteiger partial charge in [0.2, 0.25) is 0 Å². The van der Waals surface area contributed by atoms with Crippen molar-refractivity contribution in [2.75, 3.05) is 0 Å². The van der Waals surface area contributed by atoms with Crippen molar-refractivity contribution in [3.8, 4) is 0 Å². The van der Waals surface area contributed by atoms with Crippen molar-refractivity contribution in [2.45, 2.75) is 0 Å². The normalized spacial score (nSPS) is 0. The zero-order chi connectivity index (χ0) is 0. The summed E-state index contributed by atoms with van der Waals surface area (Å²) in [5.41, 5.74) is 0. The smallest absolute Gasteiger partial charge is 0 e. The van der Waals surface area contributed by atoms with E-state index in [-0.39, 0.29) is 78.9 Å². The van der Waals surface area contributed by atoms with Crippen LogP contribution < -0.4 is 0 Å². The van der Waals surface area contributed by atoms with Crippen LogP contribution in [0.15, 0.2) is 0 Å². The maximum absolute atomic E-state index is 0. The maximum Gasteiger partial charge on any atom is 0 e. The fraction of sp³-hybridized carbons (Fsp3) is 0. The van der Waals surface area contributed by atoms with Gasteiger partial charge in [0.25, 0.3) is 0 Å². The molecule has 0 saturated heterocycles. The monoisotopic (exact) mass is 122 g/mol. The molecule has 0 aromatic heterocycles. The first kappa shape index (κ1) is 32.0. The minimum Gasteiger partial charge on any atom is 0 e. The predicted octanol–water partition coefficient (Wildman–Crippen LogP) is -1.14. The summed E-state index contributed by atoms with van der Waals surface area (Å²) in [4.78, 5) is 0. The molecule has 4 heavy (non-hydrogen) atoms. The molecule has 0 aliphatic heterocycles. The molecule has 0 bridgehead atoms. The van der Waals surface area contributed by atoms with E-state index in [4.69, 9.17) is 0 Å². The van der Waals surface area contributed by atoms with Crippen molar-refractivity contribution in [1.82, 2.24) is 0 Å². The molecule has 0 aliphatic carbocycles. The first-order valence-electron chi connectivity index (χ1n) is 0. The van der Waals surface area contributed by atoms with E-state index in [0.717, 1.165) is 0 Å². The van der Waals surface area contributed by atoms with E-state index < -0.39 is 0 Å². The molecule has 0 fully saturated rings. The molecule has 0 unspecified atom stereocenters. The molecule has 0 aliphatic rings. The predicted molar refractivity (Wildman–Crippen MR) is 17.3 cm³/mol. The van der Waals surface area contributed by atoms with Crippen LogP contribution in [0.5, 0.6) is 0 Å². The zero-order valence-corrected chi connectivity index (χ0v) is 9.17. The van der Waals surface area contributed by atoms with Gasteiger partial charge in [-0.3, -0.25) is 0 Å². The Labute approximate surface area is 77.7 Å². The molecule has 0 heterocycles. The minimum absolute atomic E-state index is 0. The third-order valence-corrected chi connectivity index (χ3v) is 0. The van der Waals surface area contributed by atoms with Gasteiger partial charge in [0.05, 0.1) is 0 Å². The minimum atomic E-state index is 0. The Balaban J connectivity index is 0. The van der Waals surface area contributed by atoms with Crippen LogP contribution in [0.3, 0.4) is 0 Å². The molecule has 0 amide bonds. The number of hydrogen-bond donors (Lipinski definition) is 0. The van der Waals surface area contributed by atoms with Crippen molar-refractivity contribution in [1.29, 1.82) is 0 Å². The van der Waals surface area contributed by atoms with Gasteiger partial charge >= 0.3 is 0 Å². The first-order valence-corrected chi connectivity index (χ1v) is 0. The first-order chi connectivity index (χ1) is 0. The van der Waals surface area contributed by atoms with E-state index in [9.17, 15) is 0 Å². The molecule has 0 rings (SSSR count). The van der Waals surface area contributed by atoms with Crippen molar-refractivity contribution >= 4 is 59.4 Å². The van der Waals surface area contributed by atoms with Crippen molar-refractivity contribution in [3.05, 3.63) is 0 Å². The largest absolute Gasteiger partial charge is 0 e. The van der Waals surface area contributed by atoms with Crippen molar-refractivity contribution in [3.63, 3.8) is 0 Å². The van der Waals surface area contributed by atoms with Gasteiger partial charge in [-0.1, -0.05) is 0 Å². The van der Waals surface area contributed by atoms with Crippen LogP contribution in [0.2, 0.25) is 0 Å². The van der Waals surface area contributed by atoms with E-state index in [1.54, 1.807) is 0 Å². The van der Waals surface area contributed by atoms with Gasteiger partial charge in [-0.2, -0.15) is 0 Å². The summed E-state index contributed by atoms with van der Waals surface area (Å²) in [6.07, 6.45) is 0. The topological polar surface area (TPSA) is 0 Å². The quantitative estimate of drug-likeness (QED) is 0.357. The molecule has 0 aromatic carbocycles. The average Bonchev–Trinajstić information content (AvgIpc) is 0. The van der Waals surface area contributed by atoms with Crippen LogP contribution in [0.4, 0.5) is 0 Å². The molecule has 0 spiro atoms. The van der Waals surface area contributed by atoms with Gasteiger partial charge in [-0.05, 0) is 0 Å². The Morgan fingerprint density at radius 3 is 1.00 bits per heavy atom. The fourth-order valence-corrected chi connectivity index (χ4v) is 0. The van der Waals surface area contributed by atoms with Crippen LogP contribution >= 0.6 is 0 Å².